The third kappa shape index (κ3) is 2.77. The molecule has 19 heavy (non-hydrogen) atoms. The molecule has 0 radical (unpaired) electrons. The van der Waals surface area contributed by atoms with Gasteiger partial charge in [-0.3, -0.25) is 9.67 Å². The summed E-state index contributed by atoms with van der Waals surface area (Å²) >= 11 is 6.88. The fraction of sp³-hybridized carbons (Fsp3) is 0. The van der Waals surface area contributed by atoms with Crippen molar-refractivity contribution in [2.45, 2.75) is 9.79 Å². The van der Waals surface area contributed by atoms with Crippen molar-refractivity contribution in [3.8, 4) is 5.69 Å². The molecule has 3 rings (SSSR count). The Morgan fingerprint density at radius 1 is 0.947 bits per heavy atom. The number of H-pyrrole nitrogens is 1. The maximum atomic E-state index is 5.14. The highest BCUT2D eigenvalue weighted by Gasteiger charge is 2.00. The van der Waals surface area contributed by atoms with Gasteiger partial charge in [0.25, 0.3) is 0 Å². The van der Waals surface area contributed by atoms with E-state index in [1.165, 1.54) is 9.79 Å². The average molecular weight is 285 g/mol. The minimum Gasteiger partial charge on any atom is -0.275 e. The number of benzene rings is 2. The Morgan fingerprint density at radius 3 is 2.26 bits per heavy atom. The normalized spacial score (nSPS) is 10.5. The molecule has 0 atom stereocenters. The number of hydrogen-bond acceptors (Lipinski definition) is 3. The Labute approximate surface area is 120 Å². The second-order valence-corrected chi connectivity index (χ2v) is 5.47. The largest absolute Gasteiger partial charge is 0.275 e. The fourth-order valence-electron chi connectivity index (χ4n) is 1.73. The summed E-state index contributed by atoms with van der Waals surface area (Å²) in [6.45, 7) is 0. The molecular formula is C14H11N3S2. The molecule has 1 aromatic heterocycles. The van der Waals surface area contributed by atoms with Gasteiger partial charge in [0.2, 0.25) is 0 Å². The maximum absolute atomic E-state index is 5.14. The summed E-state index contributed by atoms with van der Waals surface area (Å²) in [6, 6.07) is 18.6. The molecule has 94 valence electrons. The van der Waals surface area contributed by atoms with Crippen LogP contribution in [0.5, 0.6) is 0 Å². The molecule has 0 spiro atoms. The van der Waals surface area contributed by atoms with Crippen LogP contribution in [0.1, 0.15) is 0 Å². The van der Waals surface area contributed by atoms with Gasteiger partial charge >= 0.3 is 0 Å². The lowest BCUT2D eigenvalue weighted by Crippen LogP contribution is -1.91. The van der Waals surface area contributed by atoms with Crippen molar-refractivity contribution in [1.82, 2.24) is 14.8 Å². The predicted octanol–water partition coefficient (Wildman–Crippen LogP) is 4.08. The standard InChI is InChI=1S/C14H11N3S2/c18-14-16-15-10-17(14)11-6-8-13(9-7-11)19-12-4-2-1-3-5-12/h1-10H,(H,16,18). The molecule has 0 aliphatic heterocycles. The number of nitrogens with zero attached hydrogens (tertiary/aromatic N) is 2. The lowest BCUT2D eigenvalue weighted by Gasteiger charge is -2.04. The number of rotatable bonds is 3. The zero-order valence-electron chi connectivity index (χ0n) is 9.98. The van der Waals surface area contributed by atoms with Crippen molar-refractivity contribution >= 4 is 24.0 Å². The zero-order valence-corrected chi connectivity index (χ0v) is 11.6. The van der Waals surface area contributed by atoms with E-state index >= 15 is 0 Å². The van der Waals surface area contributed by atoms with Crippen LogP contribution in [0.25, 0.3) is 5.69 Å². The number of aromatic nitrogens is 3. The van der Waals surface area contributed by atoms with Gasteiger partial charge in [-0.2, -0.15) is 5.10 Å². The van der Waals surface area contributed by atoms with Gasteiger partial charge in [0.15, 0.2) is 4.77 Å². The number of aromatic amines is 1. The van der Waals surface area contributed by atoms with E-state index in [0.29, 0.717) is 4.77 Å². The van der Waals surface area contributed by atoms with E-state index in [4.69, 9.17) is 12.2 Å². The summed E-state index contributed by atoms with van der Waals surface area (Å²) in [7, 11) is 0. The molecule has 2 aromatic carbocycles. The molecule has 0 saturated heterocycles. The van der Waals surface area contributed by atoms with E-state index in [1.54, 1.807) is 18.1 Å². The molecule has 0 amide bonds. The molecular weight excluding hydrogens is 274 g/mol. The smallest absolute Gasteiger partial charge is 0.199 e. The lowest BCUT2D eigenvalue weighted by molar-refractivity contribution is 1.03. The molecule has 0 unspecified atom stereocenters. The summed E-state index contributed by atoms with van der Waals surface area (Å²) in [5, 5.41) is 6.66. The molecule has 1 N–H and O–H groups in total. The van der Waals surface area contributed by atoms with Crippen molar-refractivity contribution in [3.63, 3.8) is 0 Å². The van der Waals surface area contributed by atoms with Crippen LogP contribution in [-0.4, -0.2) is 14.8 Å². The highest BCUT2D eigenvalue weighted by atomic mass is 32.2. The van der Waals surface area contributed by atoms with E-state index < -0.39 is 0 Å². The van der Waals surface area contributed by atoms with Crippen LogP contribution < -0.4 is 0 Å². The zero-order chi connectivity index (χ0) is 13.1. The summed E-state index contributed by atoms with van der Waals surface area (Å²) < 4.78 is 2.44. The summed E-state index contributed by atoms with van der Waals surface area (Å²) in [6.07, 6.45) is 1.68. The highest BCUT2D eigenvalue weighted by Crippen LogP contribution is 2.27. The molecule has 0 saturated carbocycles. The second kappa shape index (κ2) is 5.42. The first-order valence-corrected chi connectivity index (χ1v) is 7.01. The maximum Gasteiger partial charge on any atom is 0.199 e. The van der Waals surface area contributed by atoms with E-state index in [-0.39, 0.29) is 0 Å². The van der Waals surface area contributed by atoms with Crippen LogP contribution in [0.15, 0.2) is 70.7 Å². The molecule has 3 aromatic rings. The van der Waals surface area contributed by atoms with E-state index in [9.17, 15) is 0 Å². The third-order valence-corrected chi connectivity index (χ3v) is 3.95. The van der Waals surface area contributed by atoms with Crippen molar-refractivity contribution in [2.24, 2.45) is 0 Å². The molecule has 5 heteroatoms. The topological polar surface area (TPSA) is 33.6 Å². The highest BCUT2D eigenvalue weighted by molar-refractivity contribution is 7.99. The Bertz CT molecular complexity index is 714. The Kier molecular flexibility index (Phi) is 3.48. The molecule has 0 fully saturated rings. The van der Waals surface area contributed by atoms with Crippen molar-refractivity contribution in [2.75, 3.05) is 0 Å². The van der Waals surface area contributed by atoms with E-state index in [1.807, 2.05) is 34.9 Å². The Balaban J connectivity index is 1.84. The van der Waals surface area contributed by atoms with Gasteiger partial charge in [-0.15, -0.1) is 0 Å². The minimum atomic E-state index is 0.600. The third-order valence-electron chi connectivity index (χ3n) is 2.65. The fourth-order valence-corrected chi connectivity index (χ4v) is 2.77. The van der Waals surface area contributed by atoms with Crippen LogP contribution in [0.4, 0.5) is 0 Å². The average Bonchev–Trinajstić information content (AvgIpc) is 2.87. The van der Waals surface area contributed by atoms with Crippen molar-refractivity contribution < 1.29 is 0 Å². The van der Waals surface area contributed by atoms with Gasteiger partial charge in [0.05, 0.1) is 0 Å². The Morgan fingerprint density at radius 2 is 1.63 bits per heavy atom. The second-order valence-electron chi connectivity index (χ2n) is 3.94. The van der Waals surface area contributed by atoms with Gasteiger partial charge in [-0.1, -0.05) is 30.0 Å². The quantitative estimate of drug-likeness (QED) is 0.736. The van der Waals surface area contributed by atoms with Crippen LogP contribution >= 0.6 is 24.0 Å². The van der Waals surface area contributed by atoms with Gasteiger partial charge in [-0.05, 0) is 48.6 Å². The first-order chi connectivity index (χ1) is 9.33. The van der Waals surface area contributed by atoms with Gasteiger partial charge in [-0.25, -0.2) is 0 Å². The molecule has 0 bridgehead atoms. The minimum absolute atomic E-state index is 0.600. The van der Waals surface area contributed by atoms with E-state index in [0.717, 1.165) is 5.69 Å². The summed E-state index contributed by atoms with van der Waals surface area (Å²) in [5.41, 5.74) is 1.01. The van der Waals surface area contributed by atoms with E-state index in [2.05, 4.69) is 34.5 Å². The number of hydrogen-bond donors (Lipinski definition) is 1. The SMILES string of the molecule is S=c1[nH]ncn1-c1ccc(Sc2ccccc2)cc1. The van der Waals surface area contributed by atoms with Crippen LogP contribution in [0, 0.1) is 4.77 Å². The molecule has 3 nitrogen and oxygen atoms in total. The van der Waals surface area contributed by atoms with Crippen molar-refractivity contribution in [1.29, 1.82) is 0 Å². The molecule has 1 heterocycles. The predicted molar refractivity (Wildman–Crippen MR) is 79.3 cm³/mol. The van der Waals surface area contributed by atoms with Crippen LogP contribution in [-0.2, 0) is 0 Å². The van der Waals surface area contributed by atoms with Gasteiger partial charge in [0, 0.05) is 15.5 Å². The van der Waals surface area contributed by atoms with Gasteiger partial charge < -0.3 is 0 Å². The molecule has 0 aliphatic rings. The van der Waals surface area contributed by atoms with Gasteiger partial charge in [0.1, 0.15) is 6.33 Å². The summed E-state index contributed by atoms with van der Waals surface area (Å²) in [4.78, 5) is 2.43. The van der Waals surface area contributed by atoms with Crippen LogP contribution in [0.3, 0.4) is 0 Å². The number of nitrogens with one attached hydrogen (secondary N) is 1. The first kappa shape index (κ1) is 12.2. The van der Waals surface area contributed by atoms with Crippen molar-refractivity contribution in [3.05, 3.63) is 65.7 Å². The van der Waals surface area contributed by atoms with Crippen LogP contribution in [0.2, 0.25) is 0 Å². The monoisotopic (exact) mass is 285 g/mol. The Hall–Kier alpha value is -1.85. The summed E-state index contributed by atoms with van der Waals surface area (Å²) in [5.74, 6) is 0. The first-order valence-electron chi connectivity index (χ1n) is 5.78. The lowest BCUT2D eigenvalue weighted by atomic mass is 10.3. The molecule has 0 aliphatic carbocycles.